The van der Waals surface area contributed by atoms with Crippen LogP contribution in [0, 0.1) is 11.3 Å². The largest absolute Gasteiger partial charge is 0.495 e. The zero-order valence-corrected chi connectivity index (χ0v) is 16.2. The van der Waals surface area contributed by atoms with Crippen molar-refractivity contribution >= 4 is 38.1 Å². The van der Waals surface area contributed by atoms with Crippen molar-refractivity contribution in [3.8, 4) is 11.8 Å². The Kier molecular flexibility index (Phi) is 4.35. The van der Waals surface area contributed by atoms with Crippen LogP contribution < -0.4 is 15.4 Å². The fourth-order valence-corrected chi connectivity index (χ4v) is 3.63. The van der Waals surface area contributed by atoms with Crippen LogP contribution in [0.5, 0.6) is 5.75 Å². The van der Waals surface area contributed by atoms with Crippen molar-refractivity contribution in [1.29, 1.82) is 5.26 Å². The number of H-pyrrole nitrogens is 1. The number of hydrogen-bond acceptors (Lipinski definition) is 7. The number of fused-ring (bicyclic) bond motifs is 1. The number of nitriles is 1. The Hall–Kier alpha value is -3.25. The van der Waals surface area contributed by atoms with Gasteiger partial charge in [0.2, 0.25) is 0 Å². The van der Waals surface area contributed by atoms with E-state index >= 15 is 0 Å². The number of pyridine rings is 1. The molecule has 0 aliphatic heterocycles. The smallest absolute Gasteiger partial charge is 0.175 e. The van der Waals surface area contributed by atoms with Crippen LogP contribution in [0.3, 0.4) is 0 Å². The minimum atomic E-state index is -3.34. The molecule has 28 heavy (non-hydrogen) atoms. The van der Waals surface area contributed by atoms with Crippen molar-refractivity contribution in [2.45, 2.75) is 23.8 Å². The average Bonchev–Trinajstić information content (AvgIpc) is 3.37. The molecule has 1 aliphatic carbocycles. The first-order valence-corrected chi connectivity index (χ1v) is 10.6. The number of nitrogens with zero attached hydrogens (tertiary/aromatic N) is 2. The van der Waals surface area contributed by atoms with Crippen molar-refractivity contribution in [2.75, 3.05) is 24.0 Å². The van der Waals surface area contributed by atoms with Crippen LogP contribution in [-0.4, -0.2) is 37.8 Å². The number of rotatable bonds is 6. The van der Waals surface area contributed by atoms with Gasteiger partial charge in [-0.3, -0.25) is 0 Å². The topological polar surface area (TPSA) is 120 Å². The van der Waals surface area contributed by atoms with Crippen molar-refractivity contribution in [3.63, 3.8) is 0 Å². The highest BCUT2D eigenvalue weighted by Crippen LogP contribution is 2.35. The van der Waals surface area contributed by atoms with Gasteiger partial charge in [0.25, 0.3) is 0 Å². The van der Waals surface area contributed by atoms with Gasteiger partial charge in [-0.2, -0.15) is 5.26 Å². The van der Waals surface area contributed by atoms with E-state index in [2.05, 4.69) is 26.7 Å². The fourth-order valence-electron chi connectivity index (χ4n) is 2.99. The lowest BCUT2D eigenvalue weighted by Crippen LogP contribution is -2.04. The highest BCUT2D eigenvalue weighted by Gasteiger charge is 2.23. The number of hydrogen-bond donors (Lipinski definition) is 3. The molecule has 2 heterocycles. The number of aromatic nitrogens is 2. The summed E-state index contributed by atoms with van der Waals surface area (Å²) in [6.45, 7) is 0. The maximum absolute atomic E-state index is 11.8. The Bertz CT molecular complexity index is 1210. The maximum Gasteiger partial charge on any atom is 0.175 e. The minimum absolute atomic E-state index is 0.178. The fraction of sp³-hybridized carbons (Fsp3) is 0.263. The zero-order valence-electron chi connectivity index (χ0n) is 15.4. The van der Waals surface area contributed by atoms with Crippen LogP contribution in [-0.2, 0) is 9.84 Å². The molecule has 4 rings (SSSR count). The third-order valence-electron chi connectivity index (χ3n) is 4.56. The van der Waals surface area contributed by atoms with Crippen LogP contribution in [0.25, 0.3) is 11.0 Å². The van der Waals surface area contributed by atoms with Crippen LogP contribution in [0.15, 0.2) is 35.4 Å². The maximum atomic E-state index is 11.8. The van der Waals surface area contributed by atoms with E-state index in [1.54, 1.807) is 12.3 Å². The lowest BCUT2D eigenvalue weighted by atomic mass is 10.2. The summed E-state index contributed by atoms with van der Waals surface area (Å²) in [5, 5.41) is 16.7. The predicted octanol–water partition coefficient (Wildman–Crippen LogP) is 3.16. The van der Waals surface area contributed by atoms with E-state index in [9.17, 15) is 13.7 Å². The van der Waals surface area contributed by atoms with Crippen LogP contribution in [0.4, 0.5) is 17.2 Å². The Morgan fingerprint density at radius 3 is 2.71 bits per heavy atom. The van der Waals surface area contributed by atoms with Crippen LogP contribution in [0.2, 0.25) is 0 Å². The summed E-state index contributed by atoms with van der Waals surface area (Å²) in [6, 6.07) is 9.07. The molecule has 1 aliphatic rings. The molecule has 0 radical (unpaired) electrons. The molecular formula is C19H19N5O3S. The summed E-state index contributed by atoms with van der Waals surface area (Å²) in [4.78, 5) is 7.75. The standard InChI is InChI=1S/C19H19N5O3S/c1-27-16-7-13(28(2,25)26)5-6-14(16)23-17-8-15(22-12-3-4-12)18-11(9-20)10-21-19(18)24-17/h5-8,10,12H,3-4H2,1-2H3,(H3,21,22,23,24). The minimum Gasteiger partial charge on any atom is -0.495 e. The van der Waals surface area contributed by atoms with Gasteiger partial charge >= 0.3 is 0 Å². The van der Waals surface area contributed by atoms with Gasteiger partial charge in [0.1, 0.15) is 23.3 Å². The van der Waals surface area contributed by atoms with Crippen molar-refractivity contribution in [1.82, 2.24) is 9.97 Å². The summed E-state index contributed by atoms with van der Waals surface area (Å²) in [5.74, 6) is 0.943. The Balaban J connectivity index is 1.75. The van der Waals surface area contributed by atoms with Gasteiger partial charge in [-0.1, -0.05) is 0 Å². The SMILES string of the molecule is COc1cc(S(C)(=O)=O)ccc1Nc1cc(NC2CC2)c2c(C#N)c[nH]c2n1. The number of ether oxygens (including phenoxy) is 1. The number of methoxy groups -OCH3 is 1. The van der Waals surface area contributed by atoms with Gasteiger partial charge in [0.05, 0.1) is 34.3 Å². The summed E-state index contributed by atoms with van der Waals surface area (Å²) >= 11 is 0. The average molecular weight is 397 g/mol. The Morgan fingerprint density at radius 1 is 1.29 bits per heavy atom. The van der Waals surface area contributed by atoms with Crippen molar-refractivity contribution < 1.29 is 13.2 Å². The third-order valence-corrected chi connectivity index (χ3v) is 5.67. The zero-order chi connectivity index (χ0) is 19.9. The lowest BCUT2D eigenvalue weighted by molar-refractivity contribution is 0.415. The number of anilines is 3. The number of benzene rings is 1. The molecule has 3 aromatic rings. The van der Waals surface area contributed by atoms with Gasteiger partial charge in [-0.25, -0.2) is 13.4 Å². The first-order valence-electron chi connectivity index (χ1n) is 8.73. The second kappa shape index (κ2) is 6.73. The van der Waals surface area contributed by atoms with Gasteiger partial charge in [0, 0.05) is 30.6 Å². The van der Waals surface area contributed by atoms with Gasteiger partial charge in [-0.15, -0.1) is 0 Å². The van der Waals surface area contributed by atoms with E-state index < -0.39 is 9.84 Å². The quantitative estimate of drug-likeness (QED) is 0.584. The van der Waals surface area contributed by atoms with E-state index in [1.807, 2.05) is 6.07 Å². The molecular weight excluding hydrogens is 378 g/mol. The first-order chi connectivity index (χ1) is 13.4. The van der Waals surface area contributed by atoms with Gasteiger partial charge in [-0.05, 0) is 25.0 Å². The van der Waals surface area contributed by atoms with E-state index in [-0.39, 0.29) is 4.90 Å². The number of sulfone groups is 1. The molecule has 0 bridgehead atoms. The van der Waals surface area contributed by atoms with Crippen LogP contribution >= 0.6 is 0 Å². The van der Waals surface area contributed by atoms with Gasteiger partial charge in [0.15, 0.2) is 9.84 Å². The van der Waals surface area contributed by atoms with Crippen molar-refractivity contribution in [2.24, 2.45) is 0 Å². The summed E-state index contributed by atoms with van der Waals surface area (Å²) in [5.41, 5.74) is 2.55. The third kappa shape index (κ3) is 3.46. The molecule has 144 valence electrons. The molecule has 2 aromatic heterocycles. The molecule has 8 nitrogen and oxygen atoms in total. The predicted molar refractivity (Wildman–Crippen MR) is 107 cm³/mol. The second-order valence-electron chi connectivity index (χ2n) is 6.77. The summed E-state index contributed by atoms with van der Waals surface area (Å²) in [6.07, 6.45) is 4.98. The molecule has 0 saturated heterocycles. The molecule has 1 aromatic carbocycles. The van der Waals surface area contributed by atoms with Crippen molar-refractivity contribution in [3.05, 3.63) is 36.0 Å². The van der Waals surface area contributed by atoms with Gasteiger partial charge < -0.3 is 20.4 Å². The molecule has 0 amide bonds. The Labute approximate surface area is 162 Å². The summed E-state index contributed by atoms with van der Waals surface area (Å²) in [7, 11) is -1.86. The van der Waals surface area contributed by atoms with Crippen LogP contribution in [0.1, 0.15) is 18.4 Å². The van der Waals surface area contributed by atoms with E-state index in [4.69, 9.17) is 4.74 Å². The molecule has 0 atom stereocenters. The van der Waals surface area contributed by atoms with E-state index in [1.165, 1.54) is 19.2 Å². The molecule has 0 unspecified atom stereocenters. The highest BCUT2D eigenvalue weighted by molar-refractivity contribution is 7.90. The molecule has 1 saturated carbocycles. The summed E-state index contributed by atoms with van der Waals surface area (Å²) < 4.78 is 28.9. The molecule has 9 heteroatoms. The molecule has 3 N–H and O–H groups in total. The monoisotopic (exact) mass is 397 g/mol. The second-order valence-corrected chi connectivity index (χ2v) is 8.79. The Morgan fingerprint density at radius 2 is 2.07 bits per heavy atom. The number of nitrogens with one attached hydrogen (secondary N) is 3. The first kappa shape index (κ1) is 18.1. The normalized spacial score (nSPS) is 13.9. The van der Waals surface area contributed by atoms with E-state index in [0.29, 0.717) is 34.5 Å². The molecule has 0 spiro atoms. The highest BCUT2D eigenvalue weighted by atomic mass is 32.2. The van der Waals surface area contributed by atoms with E-state index in [0.717, 1.165) is 30.2 Å². The lowest BCUT2D eigenvalue weighted by Gasteiger charge is -2.14. The number of aromatic amines is 1. The molecule has 1 fully saturated rings.